The van der Waals surface area contributed by atoms with Gasteiger partial charge in [-0.1, -0.05) is 0 Å². The molecule has 0 radical (unpaired) electrons. The predicted molar refractivity (Wildman–Crippen MR) is 150 cm³/mol. The van der Waals surface area contributed by atoms with E-state index < -0.39 is 34.4 Å². The molecule has 4 bridgehead atoms. The number of pyridine rings is 2. The first-order valence-corrected chi connectivity index (χ1v) is 14.0. The Morgan fingerprint density at radius 3 is 2.54 bits per heavy atom. The van der Waals surface area contributed by atoms with E-state index in [4.69, 9.17) is 20.9 Å². The van der Waals surface area contributed by atoms with Crippen LogP contribution in [0.3, 0.4) is 0 Å². The molecule has 15 heteroatoms. The number of hydrogen-bond acceptors (Lipinski definition) is 9. The van der Waals surface area contributed by atoms with Gasteiger partial charge in [0.2, 0.25) is 11.8 Å². The second kappa shape index (κ2) is 15.4. The molecule has 1 aliphatic heterocycles. The van der Waals surface area contributed by atoms with Crippen molar-refractivity contribution in [1.29, 1.82) is 0 Å². The molecule has 1 aliphatic rings. The average Bonchev–Trinajstić information content (AvgIpc) is 2.92. The third-order valence-corrected chi connectivity index (χ3v) is 6.78. The molecule has 3 amide bonds. The molecule has 220 valence electrons. The fourth-order valence-electron chi connectivity index (χ4n) is 3.58. The molecule has 3 aromatic rings. The van der Waals surface area contributed by atoms with E-state index >= 15 is 0 Å². The fraction of sp³-hybridized carbons (Fsp3) is 0.308. The number of urea groups is 1. The molecular formula is C26H31F2N7O5S. The third kappa shape index (κ3) is 10.3. The van der Waals surface area contributed by atoms with Crippen LogP contribution in [0.5, 0.6) is 11.6 Å². The standard InChI is InChI=1S/C24H25F2N5O4S.C2H6N2O/c25-16-3-4-17-18-12-21(29-13-19(18)26)30-22-9-15(14-36(33)8-1-5-28-24(27)32)10-23(31-22)35-7-2-6-34-20(17)11-16;3-1-2(4)5/h3-4,9-13H,1-2,5-8,14H2,(H3,27,28,32)(H,29,30,31);1,3H2,(H2,4,5). The molecule has 0 fully saturated rings. The van der Waals surface area contributed by atoms with Crippen LogP contribution in [0.2, 0.25) is 0 Å². The number of carbonyl (C=O) groups excluding carboxylic acids is 2. The van der Waals surface area contributed by atoms with Crippen molar-refractivity contribution in [2.24, 2.45) is 17.2 Å². The summed E-state index contributed by atoms with van der Waals surface area (Å²) in [6, 6.07) is 8.20. The number of carbonyl (C=O) groups is 2. The number of nitrogens with two attached hydrogens (primary N) is 3. The van der Waals surface area contributed by atoms with E-state index in [2.05, 4.69) is 26.3 Å². The van der Waals surface area contributed by atoms with Gasteiger partial charge < -0.3 is 37.3 Å². The lowest BCUT2D eigenvalue weighted by atomic mass is 10.0. The Morgan fingerprint density at radius 2 is 1.80 bits per heavy atom. The summed E-state index contributed by atoms with van der Waals surface area (Å²) in [4.78, 5) is 28.8. The van der Waals surface area contributed by atoms with Crippen molar-refractivity contribution in [3.05, 3.63) is 59.8 Å². The van der Waals surface area contributed by atoms with Crippen molar-refractivity contribution >= 4 is 34.4 Å². The first-order valence-electron chi connectivity index (χ1n) is 12.5. The minimum absolute atomic E-state index is 0.0556. The number of nitrogens with zero attached hydrogens (tertiary/aromatic N) is 2. The van der Waals surface area contributed by atoms with Gasteiger partial charge in [-0.2, -0.15) is 4.98 Å². The van der Waals surface area contributed by atoms with Crippen molar-refractivity contribution in [2.75, 3.05) is 37.4 Å². The van der Waals surface area contributed by atoms with Gasteiger partial charge in [-0.15, -0.1) is 0 Å². The summed E-state index contributed by atoms with van der Waals surface area (Å²) in [6.45, 7) is 0.763. The number of aromatic nitrogens is 2. The summed E-state index contributed by atoms with van der Waals surface area (Å²) in [5.41, 5.74) is 15.6. The van der Waals surface area contributed by atoms with Gasteiger partial charge in [-0.05, 0) is 36.2 Å². The van der Waals surface area contributed by atoms with Gasteiger partial charge in [0.1, 0.15) is 29.0 Å². The summed E-state index contributed by atoms with van der Waals surface area (Å²) in [7, 11) is -1.20. The predicted octanol–water partition coefficient (Wildman–Crippen LogP) is 2.06. The van der Waals surface area contributed by atoms with E-state index in [1.165, 1.54) is 24.3 Å². The highest BCUT2D eigenvalue weighted by molar-refractivity contribution is 7.84. The zero-order valence-corrected chi connectivity index (χ0v) is 22.8. The highest BCUT2D eigenvalue weighted by atomic mass is 32.2. The number of fused-ring (bicyclic) bond motifs is 6. The molecule has 2 aromatic heterocycles. The van der Waals surface area contributed by atoms with Crippen LogP contribution in [0, 0.1) is 11.6 Å². The zero-order valence-electron chi connectivity index (χ0n) is 22.0. The van der Waals surface area contributed by atoms with Gasteiger partial charge in [-0.3, -0.25) is 9.00 Å². The van der Waals surface area contributed by atoms with Crippen LogP contribution in [-0.4, -0.2) is 58.2 Å². The number of nitrogens with one attached hydrogen (secondary N) is 2. The minimum atomic E-state index is -1.20. The van der Waals surface area contributed by atoms with Crippen molar-refractivity contribution in [3.63, 3.8) is 0 Å². The molecule has 41 heavy (non-hydrogen) atoms. The normalized spacial score (nSPS) is 13.0. The summed E-state index contributed by atoms with van der Waals surface area (Å²) in [6.07, 6.45) is 2.04. The van der Waals surface area contributed by atoms with Crippen LogP contribution in [0.4, 0.5) is 25.2 Å². The smallest absolute Gasteiger partial charge is 0.312 e. The van der Waals surface area contributed by atoms with Crippen LogP contribution in [0.15, 0.2) is 42.6 Å². The second-order valence-electron chi connectivity index (χ2n) is 8.67. The molecule has 0 saturated carbocycles. The van der Waals surface area contributed by atoms with Crippen LogP contribution in [0.1, 0.15) is 18.4 Å². The molecule has 0 spiro atoms. The van der Waals surface area contributed by atoms with Gasteiger partial charge in [0.05, 0.1) is 26.0 Å². The molecular weight excluding hydrogens is 560 g/mol. The van der Waals surface area contributed by atoms with E-state index in [0.29, 0.717) is 48.2 Å². The highest BCUT2D eigenvalue weighted by Gasteiger charge is 2.16. The van der Waals surface area contributed by atoms with Gasteiger partial charge in [0, 0.05) is 58.5 Å². The van der Waals surface area contributed by atoms with Gasteiger partial charge in [0.15, 0.2) is 0 Å². The van der Waals surface area contributed by atoms with Crippen LogP contribution in [0.25, 0.3) is 11.1 Å². The molecule has 3 heterocycles. The Hall–Kier alpha value is -4.37. The molecule has 1 atom stereocenters. The van der Waals surface area contributed by atoms with E-state index in [1.54, 1.807) is 12.1 Å². The average molecular weight is 592 g/mol. The maximum atomic E-state index is 14.7. The maximum absolute atomic E-state index is 14.7. The molecule has 1 unspecified atom stereocenters. The highest BCUT2D eigenvalue weighted by Crippen LogP contribution is 2.34. The first kappa shape index (κ1) is 31.2. The number of rotatable bonds is 7. The van der Waals surface area contributed by atoms with Crippen molar-refractivity contribution < 1.29 is 32.1 Å². The molecule has 1 aromatic carbocycles. The van der Waals surface area contributed by atoms with Crippen molar-refractivity contribution in [3.8, 4) is 22.8 Å². The lowest BCUT2D eigenvalue weighted by Gasteiger charge is -2.16. The Bertz CT molecular complexity index is 1400. The third-order valence-electron chi connectivity index (χ3n) is 5.38. The number of ether oxygens (including phenoxy) is 2. The molecule has 8 N–H and O–H groups in total. The quantitative estimate of drug-likeness (QED) is 0.255. The number of halogens is 2. The van der Waals surface area contributed by atoms with E-state index in [1.807, 2.05) is 0 Å². The fourth-order valence-corrected chi connectivity index (χ4v) is 4.73. The lowest BCUT2D eigenvalue weighted by molar-refractivity contribution is -0.116. The molecule has 0 saturated heterocycles. The SMILES string of the molecule is NC(=O)NCCCS(=O)Cc1cc2nc(c1)OCCCOc1cc(F)ccc1-c1cc(ncc1F)N2.NCC(N)=O. The van der Waals surface area contributed by atoms with Crippen molar-refractivity contribution in [1.82, 2.24) is 15.3 Å². The Labute approximate surface area is 237 Å². The Balaban J connectivity index is 0.000000850. The summed E-state index contributed by atoms with van der Waals surface area (Å²) < 4.78 is 52.6. The van der Waals surface area contributed by atoms with Gasteiger partial charge in [0.25, 0.3) is 0 Å². The van der Waals surface area contributed by atoms with Gasteiger partial charge >= 0.3 is 6.03 Å². The molecule has 4 rings (SSSR count). The topological polar surface area (TPSA) is 198 Å². The summed E-state index contributed by atoms with van der Waals surface area (Å²) in [5.74, 6) is 0.286. The van der Waals surface area contributed by atoms with Crippen LogP contribution < -0.4 is 37.3 Å². The monoisotopic (exact) mass is 591 g/mol. The number of benzene rings is 1. The number of primary amides is 2. The van der Waals surface area contributed by atoms with Crippen LogP contribution in [-0.2, 0) is 21.3 Å². The van der Waals surface area contributed by atoms with E-state index in [9.17, 15) is 22.6 Å². The maximum Gasteiger partial charge on any atom is 0.312 e. The Kier molecular flexibility index (Phi) is 11.7. The molecule has 0 aliphatic carbocycles. The largest absolute Gasteiger partial charge is 0.493 e. The molecule has 12 nitrogen and oxygen atoms in total. The minimum Gasteiger partial charge on any atom is -0.493 e. The van der Waals surface area contributed by atoms with E-state index in [0.717, 1.165) is 11.8 Å². The zero-order chi connectivity index (χ0) is 29.8. The second-order valence-corrected chi connectivity index (χ2v) is 10.2. The number of amides is 3. The van der Waals surface area contributed by atoms with Crippen molar-refractivity contribution in [2.45, 2.75) is 18.6 Å². The lowest BCUT2D eigenvalue weighted by Crippen LogP contribution is -2.30. The number of hydrogen-bond donors (Lipinski definition) is 5. The summed E-state index contributed by atoms with van der Waals surface area (Å²) >= 11 is 0. The number of anilines is 2. The first-order chi connectivity index (χ1) is 19.6. The van der Waals surface area contributed by atoms with Gasteiger partial charge in [-0.25, -0.2) is 18.6 Å². The summed E-state index contributed by atoms with van der Waals surface area (Å²) in [5, 5.41) is 5.51. The van der Waals surface area contributed by atoms with Crippen LogP contribution >= 0.6 is 0 Å². The van der Waals surface area contributed by atoms with E-state index in [-0.39, 0.29) is 36.8 Å². The Morgan fingerprint density at radius 1 is 1.05 bits per heavy atom.